The molecule has 17 heavy (non-hydrogen) atoms. The number of hydrogen-bond donors (Lipinski definition) is 1. The van der Waals surface area contributed by atoms with Crippen molar-refractivity contribution in [2.24, 2.45) is 11.7 Å². The van der Waals surface area contributed by atoms with Crippen LogP contribution in [0.15, 0.2) is 24.3 Å². The molecule has 0 spiro atoms. The fourth-order valence-electron chi connectivity index (χ4n) is 2.34. The maximum atomic E-state index is 5.75. The van der Waals surface area contributed by atoms with Crippen LogP contribution >= 0.6 is 35.0 Å². The van der Waals surface area contributed by atoms with E-state index >= 15 is 0 Å². The van der Waals surface area contributed by atoms with Crippen LogP contribution in [-0.4, -0.2) is 24.5 Å². The van der Waals surface area contributed by atoms with Crippen molar-refractivity contribution in [3.63, 3.8) is 0 Å². The molecule has 2 rings (SSSR count). The Hall–Kier alpha value is 0.160. The second-order valence-corrected chi connectivity index (χ2v) is 5.85. The van der Waals surface area contributed by atoms with Gasteiger partial charge in [0, 0.05) is 16.7 Å². The zero-order valence-corrected chi connectivity index (χ0v) is 12.9. The Morgan fingerprint density at radius 1 is 1.29 bits per heavy atom. The Morgan fingerprint density at radius 3 is 2.65 bits per heavy atom. The van der Waals surface area contributed by atoms with Crippen molar-refractivity contribution in [1.29, 1.82) is 0 Å². The van der Waals surface area contributed by atoms with E-state index in [0.29, 0.717) is 5.92 Å². The monoisotopic (exact) mass is 366 g/mol. The molecule has 1 aromatic rings. The molecular weight excluding hydrogens is 347 g/mol. The third kappa shape index (κ3) is 4.73. The van der Waals surface area contributed by atoms with Crippen LogP contribution < -0.4 is 5.73 Å². The van der Waals surface area contributed by atoms with Crippen LogP contribution in [0, 0.1) is 9.49 Å². The van der Waals surface area contributed by atoms with Crippen molar-refractivity contribution in [1.82, 2.24) is 4.90 Å². The summed E-state index contributed by atoms with van der Waals surface area (Å²) in [5.74, 6) is 0.706. The zero-order chi connectivity index (χ0) is 11.4. The van der Waals surface area contributed by atoms with Crippen LogP contribution in [0.1, 0.15) is 18.4 Å². The highest BCUT2D eigenvalue weighted by atomic mass is 127. The third-order valence-corrected chi connectivity index (χ3v) is 3.98. The van der Waals surface area contributed by atoms with Crippen LogP contribution in [0.4, 0.5) is 0 Å². The van der Waals surface area contributed by atoms with Gasteiger partial charge in [0.15, 0.2) is 0 Å². The highest BCUT2D eigenvalue weighted by Gasteiger charge is 2.18. The van der Waals surface area contributed by atoms with Gasteiger partial charge >= 0.3 is 0 Å². The Balaban J connectivity index is 0.00000144. The molecule has 1 unspecified atom stereocenters. The fourth-order valence-corrected chi connectivity index (χ4v) is 2.69. The molecule has 96 valence electrons. The predicted molar refractivity (Wildman–Crippen MR) is 83.5 cm³/mol. The Labute approximate surface area is 123 Å². The number of hydrogen-bond acceptors (Lipinski definition) is 2. The van der Waals surface area contributed by atoms with Gasteiger partial charge in [0.2, 0.25) is 0 Å². The lowest BCUT2D eigenvalue weighted by atomic mass is 9.98. The normalized spacial score (nSPS) is 20.9. The third-order valence-electron chi connectivity index (χ3n) is 3.26. The van der Waals surface area contributed by atoms with Crippen molar-refractivity contribution in [2.45, 2.75) is 19.4 Å². The first-order valence-corrected chi connectivity index (χ1v) is 7.02. The van der Waals surface area contributed by atoms with E-state index in [-0.39, 0.29) is 12.4 Å². The van der Waals surface area contributed by atoms with E-state index in [9.17, 15) is 0 Å². The van der Waals surface area contributed by atoms with E-state index in [2.05, 4.69) is 51.8 Å². The van der Waals surface area contributed by atoms with Crippen molar-refractivity contribution in [2.75, 3.05) is 19.6 Å². The molecule has 0 amide bonds. The van der Waals surface area contributed by atoms with Gasteiger partial charge in [0.1, 0.15) is 0 Å². The van der Waals surface area contributed by atoms with Crippen LogP contribution in [0.5, 0.6) is 0 Å². The second-order valence-electron chi connectivity index (χ2n) is 4.61. The molecule has 1 saturated heterocycles. The molecule has 0 bridgehead atoms. The molecule has 0 saturated carbocycles. The average Bonchev–Trinajstić information content (AvgIpc) is 2.32. The largest absolute Gasteiger partial charge is 0.330 e. The molecule has 1 heterocycles. The summed E-state index contributed by atoms with van der Waals surface area (Å²) in [7, 11) is 0. The average molecular weight is 367 g/mol. The molecule has 4 heteroatoms. The van der Waals surface area contributed by atoms with Crippen LogP contribution in [-0.2, 0) is 6.54 Å². The van der Waals surface area contributed by atoms with Crippen LogP contribution in [0.3, 0.4) is 0 Å². The first-order valence-electron chi connectivity index (χ1n) is 5.95. The van der Waals surface area contributed by atoms with E-state index in [0.717, 1.165) is 13.1 Å². The van der Waals surface area contributed by atoms with Gasteiger partial charge in [0.25, 0.3) is 0 Å². The van der Waals surface area contributed by atoms with Crippen molar-refractivity contribution >= 4 is 35.0 Å². The molecule has 0 aromatic heterocycles. The SMILES string of the molecule is Cl.NCC1CCCN(Cc2ccc(I)cc2)C1. The molecule has 1 aromatic carbocycles. The van der Waals surface area contributed by atoms with Crippen LogP contribution in [0.25, 0.3) is 0 Å². The lowest BCUT2D eigenvalue weighted by Crippen LogP contribution is -2.37. The van der Waals surface area contributed by atoms with Gasteiger partial charge in [0.05, 0.1) is 0 Å². The van der Waals surface area contributed by atoms with Crippen molar-refractivity contribution in [3.8, 4) is 0 Å². The standard InChI is InChI=1S/C13H19IN2.ClH/c14-13-5-3-11(4-6-13)9-16-7-1-2-12(8-15)10-16;/h3-6,12H,1-2,7-10,15H2;1H. The van der Waals surface area contributed by atoms with Crippen LogP contribution in [0.2, 0.25) is 0 Å². The minimum absolute atomic E-state index is 0. The molecule has 0 aliphatic carbocycles. The van der Waals surface area contributed by atoms with E-state index < -0.39 is 0 Å². The van der Waals surface area contributed by atoms with E-state index in [1.165, 1.54) is 35.1 Å². The van der Waals surface area contributed by atoms with Gasteiger partial charge < -0.3 is 5.73 Å². The maximum absolute atomic E-state index is 5.75. The lowest BCUT2D eigenvalue weighted by Gasteiger charge is -2.32. The molecule has 1 atom stereocenters. The molecule has 2 nitrogen and oxygen atoms in total. The molecule has 1 fully saturated rings. The van der Waals surface area contributed by atoms with E-state index in [1.807, 2.05) is 0 Å². The summed E-state index contributed by atoms with van der Waals surface area (Å²) in [5.41, 5.74) is 7.17. The Bertz CT molecular complexity index is 329. The Kier molecular flexibility index (Phi) is 6.77. The summed E-state index contributed by atoms with van der Waals surface area (Å²) in [4.78, 5) is 2.53. The minimum Gasteiger partial charge on any atom is -0.330 e. The number of halogens is 2. The molecular formula is C13H20ClIN2. The van der Waals surface area contributed by atoms with Gasteiger partial charge in [-0.1, -0.05) is 12.1 Å². The summed E-state index contributed by atoms with van der Waals surface area (Å²) >= 11 is 2.35. The summed E-state index contributed by atoms with van der Waals surface area (Å²) in [6, 6.07) is 8.82. The van der Waals surface area contributed by atoms with Crippen molar-refractivity contribution in [3.05, 3.63) is 33.4 Å². The predicted octanol–water partition coefficient (Wildman–Crippen LogP) is 2.88. The number of rotatable bonds is 3. The first-order chi connectivity index (χ1) is 7.78. The highest BCUT2D eigenvalue weighted by Crippen LogP contribution is 2.18. The summed E-state index contributed by atoms with van der Waals surface area (Å²) in [5, 5.41) is 0. The van der Waals surface area contributed by atoms with E-state index in [4.69, 9.17) is 5.73 Å². The molecule has 1 aliphatic rings. The highest BCUT2D eigenvalue weighted by molar-refractivity contribution is 14.1. The number of likely N-dealkylation sites (tertiary alicyclic amines) is 1. The number of nitrogens with two attached hydrogens (primary N) is 1. The molecule has 0 radical (unpaired) electrons. The maximum Gasteiger partial charge on any atom is 0.0233 e. The smallest absolute Gasteiger partial charge is 0.0233 e. The van der Waals surface area contributed by atoms with Gasteiger partial charge in [-0.05, 0) is 72.1 Å². The summed E-state index contributed by atoms with van der Waals surface area (Å²) in [6.07, 6.45) is 2.60. The van der Waals surface area contributed by atoms with Crippen molar-refractivity contribution < 1.29 is 0 Å². The Morgan fingerprint density at radius 2 is 2.00 bits per heavy atom. The summed E-state index contributed by atoms with van der Waals surface area (Å²) in [6.45, 7) is 4.31. The van der Waals surface area contributed by atoms with Gasteiger partial charge in [-0.2, -0.15) is 0 Å². The zero-order valence-electron chi connectivity index (χ0n) is 9.94. The number of nitrogens with zero attached hydrogens (tertiary/aromatic N) is 1. The van der Waals surface area contributed by atoms with Gasteiger partial charge in [-0.15, -0.1) is 12.4 Å². The minimum atomic E-state index is 0. The topological polar surface area (TPSA) is 29.3 Å². The van der Waals surface area contributed by atoms with E-state index in [1.54, 1.807) is 0 Å². The summed E-state index contributed by atoms with van der Waals surface area (Å²) < 4.78 is 1.31. The molecule has 1 aliphatic heterocycles. The molecule has 2 N–H and O–H groups in total. The number of benzene rings is 1. The van der Waals surface area contributed by atoms with Gasteiger partial charge in [-0.25, -0.2) is 0 Å². The lowest BCUT2D eigenvalue weighted by molar-refractivity contribution is 0.171. The second kappa shape index (κ2) is 7.56. The fraction of sp³-hybridized carbons (Fsp3) is 0.538. The first kappa shape index (κ1) is 15.2. The number of piperidine rings is 1. The quantitative estimate of drug-likeness (QED) is 0.834. The van der Waals surface area contributed by atoms with Gasteiger partial charge in [-0.3, -0.25) is 4.90 Å².